The van der Waals surface area contributed by atoms with Gasteiger partial charge in [0.05, 0.1) is 36.3 Å². The lowest BCUT2D eigenvalue weighted by Crippen LogP contribution is -2.33. The number of hydrogen-bond acceptors (Lipinski definition) is 7. The maximum absolute atomic E-state index is 11.9. The van der Waals surface area contributed by atoms with Crippen LogP contribution < -0.4 is 5.43 Å². The molecular formula is C17H16BrN3O6. The zero-order valence-corrected chi connectivity index (χ0v) is 15.9. The van der Waals surface area contributed by atoms with Crippen LogP contribution in [0.5, 0.6) is 0 Å². The largest absolute Gasteiger partial charge is 0.455 e. The van der Waals surface area contributed by atoms with Crippen molar-refractivity contribution in [2.75, 3.05) is 13.2 Å². The van der Waals surface area contributed by atoms with Crippen LogP contribution in [0.2, 0.25) is 0 Å². The molecule has 0 bridgehead atoms. The van der Waals surface area contributed by atoms with Gasteiger partial charge in [0, 0.05) is 10.5 Å². The number of nitrogens with zero attached hydrogens (tertiary/aromatic N) is 2. The minimum atomic E-state index is -0.933. The van der Waals surface area contributed by atoms with Gasteiger partial charge in [-0.25, -0.2) is 5.43 Å². The average Bonchev–Trinajstić information content (AvgIpc) is 3.24. The summed E-state index contributed by atoms with van der Waals surface area (Å²) in [5.41, 5.74) is 2.63. The molecule has 2 aromatic rings. The number of hydrazone groups is 1. The molecule has 1 amide bonds. The Kier molecular flexibility index (Phi) is 5.68. The van der Waals surface area contributed by atoms with Gasteiger partial charge in [-0.15, -0.1) is 0 Å². The van der Waals surface area contributed by atoms with E-state index in [1.165, 1.54) is 12.3 Å². The number of benzene rings is 1. The highest BCUT2D eigenvalue weighted by molar-refractivity contribution is 9.10. The first-order chi connectivity index (χ1) is 12.9. The van der Waals surface area contributed by atoms with Gasteiger partial charge in [0.2, 0.25) is 5.91 Å². The lowest BCUT2D eigenvalue weighted by atomic mass is 10.1. The van der Waals surface area contributed by atoms with E-state index >= 15 is 0 Å². The van der Waals surface area contributed by atoms with Gasteiger partial charge in [-0.2, -0.15) is 5.10 Å². The molecule has 1 aromatic heterocycles. The molecule has 3 rings (SSSR count). The van der Waals surface area contributed by atoms with Crippen molar-refractivity contribution in [3.05, 3.63) is 50.7 Å². The van der Waals surface area contributed by atoms with Crippen LogP contribution in [-0.4, -0.2) is 36.0 Å². The van der Waals surface area contributed by atoms with E-state index in [1.807, 2.05) is 0 Å². The Labute approximate surface area is 162 Å². The van der Waals surface area contributed by atoms with Crippen LogP contribution in [0.1, 0.15) is 19.1 Å². The second-order valence-electron chi connectivity index (χ2n) is 5.92. The van der Waals surface area contributed by atoms with E-state index in [4.69, 9.17) is 13.9 Å². The minimum absolute atomic E-state index is 0.0127. The molecule has 9 nitrogen and oxygen atoms in total. The third-order valence-corrected chi connectivity index (χ3v) is 4.30. The van der Waals surface area contributed by atoms with Crippen molar-refractivity contribution in [1.29, 1.82) is 0 Å². The molecule has 2 heterocycles. The van der Waals surface area contributed by atoms with E-state index in [9.17, 15) is 14.9 Å². The van der Waals surface area contributed by atoms with Crippen molar-refractivity contribution in [3.8, 4) is 11.3 Å². The molecule has 0 radical (unpaired) electrons. The number of ether oxygens (including phenoxy) is 2. The predicted molar refractivity (Wildman–Crippen MR) is 99.2 cm³/mol. The van der Waals surface area contributed by atoms with Crippen molar-refractivity contribution < 1.29 is 23.6 Å². The van der Waals surface area contributed by atoms with Gasteiger partial charge in [0.1, 0.15) is 11.5 Å². The summed E-state index contributed by atoms with van der Waals surface area (Å²) in [7, 11) is 0. The van der Waals surface area contributed by atoms with Crippen LogP contribution in [0.3, 0.4) is 0 Å². The SMILES string of the molecule is CC1(CC(=O)NN=Cc2ccc(-c3ccc(Br)cc3[N+](=O)[O-])o2)OCCO1. The molecule has 0 saturated carbocycles. The summed E-state index contributed by atoms with van der Waals surface area (Å²) in [5, 5.41) is 15.0. The smallest absolute Gasteiger partial charge is 0.281 e. The average molecular weight is 438 g/mol. The lowest BCUT2D eigenvalue weighted by Gasteiger charge is -2.20. The maximum atomic E-state index is 11.9. The monoisotopic (exact) mass is 437 g/mol. The van der Waals surface area contributed by atoms with Gasteiger partial charge in [0.15, 0.2) is 5.79 Å². The molecule has 27 heavy (non-hydrogen) atoms. The highest BCUT2D eigenvalue weighted by Gasteiger charge is 2.33. The van der Waals surface area contributed by atoms with Crippen molar-refractivity contribution >= 4 is 33.7 Å². The first-order valence-corrected chi connectivity index (χ1v) is 8.80. The Balaban J connectivity index is 1.65. The number of nitrogens with one attached hydrogen (secondary N) is 1. The molecule has 0 aliphatic carbocycles. The number of furan rings is 1. The fraction of sp³-hybridized carbons (Fsp3) is 0.294. The van der Waals surface area contributed by atoms with Crippen LogP contribution in [-0.2, 0) is 14.3 Å². The van der Waals surface area contributed by atoms with Gasteiger partial charge in [-0.05, 0) is 31.2 Å². The first-order valence-electron chi connectivity index (χ1n) is 8.00. The topological polar surface area (TPSA) is 116 Å². The summed E-state index contributed by atoms with van der Waals surface area (Å²) >= 11 is 3.21. The molecule has 0 unspecified atom stereocenters. The normalized spacial score (nSPS) is 15.9. The van der Waals surface area contributed by atoms with E-state index in [-0.39, 0.29) is 18.0 Å². The van der Waals surface area contributed by atoms with Crippen molar-refractivity contribution in [2.24, 2.45) is 5.10 Å². The van der Waals surface area contributed by atoms with Crippen molar-refractivity contribution in [2.45, 2.75) is 19.1 Å². The predicted octanol–water partition coefficient (Wildman–Crippen LogP) is 3.22. The summed E-state index contributed by atoms with van der Waals surface area (Å²) in [6, 6.07) is 7.88. The van der Waals surface area contributed by atoms with Crippen molar-refractivity contribution in [1.82, 2.24) is 5.43 Å². The molecule has 1 aliphatic rings. The molecule has 142 valence electrons. The number of hydrogen-bond donors (Lipinski definition) is 1. The van der Waals surface area contributed by atoms with E-state index in [0.717, 1.165) is 0 Å². The fourth-order valence-electron chi connectivity index (χ4n) is 2.59. The number of carbonyl (C=O) groups is 1. The lowest BCUT2D eigenvalue weighted by molar-refractivity contribution is -0.384. The fourth-order valence-corrected chi connectivity index (χ4v) is 2.94. The molecule has 1 aliphatic heterocycles. The molecule has 0 spiro atoms. The Morgan fingerprint density at radius 2 is 2.11 bits per heavy atom. The minimum Gasteiger partial charge on any atom is -0.455 e. The van der Waals surface area contributed by atoms with Crippen LogP contribution in [0.25, 0.3) is 11.3 Å². The summed E-state index contributed by atoms with van der Waals surface area (Å²) in [5.74, 6) is -0.645. The first kappa shape index (κ1) is 19.2. The highest BCUT2D eigenvalue weighted by Crippen LogP contribution is 2.33. The van der Waals surface area contributed by atoms with Crippen LogP contribution >= 0.6 is 15.9 Å². The third kappa shape index (κ3) is 4.79. The van der Waals surface area contributed by atoms with Gasteiger partial charge >= 0.3 is 0 Å². The Bertz CT molecular complexity index is 889. The van der Waals surface area contributed by atoms with E-state index in [1.54, 1.807) is 31.2 Å². The van der Waals surface area contributed by atoms with E-state index < -0.39 is 10.7 Å². The van der Waals surface area contributed by atoms with Crippen LogP contribution in [0, 0.1) is 10.1 Å². The molecule has 0 atom stereocenters. The number of nitro groups is 1. The highest BCUT2D eigenvalue weighted by atomic mass is 79.9. The Morgan fingerprint density at radius 1 is 1.37 bits per heavy atom. The van der Waals surface area contributed by atoms with Gasteiger partial charge in [-0.1, -0.05) is 15.9 Å². The summed E-state index contributed by atoms with van der Waals surface area (Å²) < 4.78 is 16.9. The summed E-state index contributed by atoms with van der Waals surface area (Å²) in [4.78, 5) is 22.6. The summed E-state index contributed by atoms with van der Waals surface area (Å²) in [6.07, 6.45) is 1.32. The number of nitro benzene ring substituents is 1. The van der Waals surface area contributed by atoms with Crippen molar-refractivity contribution in [3.63, 3.8) is 0 Å². The van der Waals surface area contributed by atoms with Gasteiger partial charge < -0.3 is 13.9 Å². The molecule has 1 aromatic carbocycles. The molecular weight excluding hydrogens is 422 g/mol. The number of halogens is 1. The molecule has 1 saturated heterocycles. The second kappa shape index (κ2) is 7.99. The Morgan fingerprint density at radius 3 is 2.81 bits per heavy atom. The van der Waals surface area contributed by atoms with Gasteiger partial charge in [-0.3, -0.25) is 14.9 Å². The molecule has 10 heteroatoms. The molecule has 1 N–H and O–H groups in total. The number of rotatable bonds is 6. The summed E-state index contributed by atoms with van der Waals surface area (Å²) in [6.45, 7) is 2.59. The Hall–Kier alpha value is -2.56. The van der Waals surface area contributed by atoms with E-state index in [2.05, 4.69) is 26.5 Å². The maximum Gasteiger partial charge on any atom is 0.281 e. The number of amides is 1. The number of carbonyl (C=O) groups excluding carboxylic acids is 1. The quantitative estimate of drug-likeness (QED) is 0.421. The van der Waals surface area contributed by atoms with Gasteiger partial charge in [0.25, 0.3) is 5.69 Å². The van der Waals surface area contributed by atoms with Crippen LogP contribution in [0.15, 0.2) is 44.3 Å². The van der Waals surface area contributed by atoms with Crippen LogP contribution in [0.4, 0.5) is 5.69 Å². The standard InChI is InChI=1S/C17H16BrN3O6/c1-17(25-6-7-26-17)9-16(22)20-19-10-12-3-5-15(27-12)13-4-2-11(18)8-14(13)21(23)24/h2-5,8,10H,6-7,9H2,1H3,(H,20,22). The second-order valence-corrected chi connectivity index (χ2v) is 6.84. The zero-order valence-electron chi connectivity index (χ0n) is 14.3. The van der Waals surface area contributed by atoms with E-state index in [0.29, 0.717) is 34.8 Å². The third-order valence-electron chi connectivity index (χ3n) is 3.81. The molecule has 1 fully saturated rings. The zero-order chi connectivity index (χ0) is 19.4.